The number of hydrogen-bond acceptors (Lipinski definition) is 3. The molecule has 1 aliphatic heterocycles. The molecule has 0 N–H and O–H groups in total. The molecule has 0 aromatic carbocycles. The Morgan fingerprint density at radius 1 is 1.47 bits per heavy atom. The first kappa shape index (κ1) is 10.3. The fraction of sp³-hybridized carbons (Fsp3) is 0.333. The Kier molecular flexibility index (Phi) is 2.14. The van der Waals surface area contributed by atoms with Crippen molar-refractivity contribution in [2.75, 3.05) is 18.0 Å². The Labute approximate surface area is 97.6 Å². The van der Waals surface area contributed by atoms with Gasteiger partial charge in [0, 0.05) is 0 Å². The van der Waals surface area contributed by atoms with Crippen molar-refractivity contribution in [2.24, 2.45) is 0 Å². The maximum absolute atomic E-state index is 12.8. The van der Waals surface area contributed by atoms with Crippen LogP contribution in [-0.4, -0.2) is 34.7 Å². The van der Waals surface area contributed by atoms with E-state index in [0.29, 0.717) is 18.7 Å². The van der Waals surface area contributed by atoms with Crippen molar-refractivity contribution < 1.29 is 9.18 Å². The molecule has 0 aliphatic carbocycles. The summed E-state index contributed by atoms with van der Waals surface area (Å²) in [5.74, 6) is 0.000484. The van der Waals surface area contributed by atoms with Crippen LogP contribution in [0.25, 0.3) is 5.52 Å². The van der Waals surface area contributed by atoms with Crippen LogP contribution in [0.3, 0.4) is 0 Å². The average molecular weight is 233 g/mol. The van der Waals surface area contributed by atoms with Gasteiger partial charge in [0.15, 0.2) is 5.78 Å². The van der Waals surface area contributed by atoms with Gasteiger partial charge in [-0.15, -0.1) is 0 Å². The van der Waals surface area contributed by atoms with Crippen LogP contribution >= 0.6 is 0 Å². The second kappa shape index (κ2) is 3.55. The fourth-order valence-corrected chi connectivity index (χ4v) is 2.07. The molecule has 0 bridgehead atoms. The van der Waals surface area contributed by atoms with Crippen LogP contribution in [0, 0.1) is 0 Å². The number of alkyl halides is 1. The van der Waals surface area contributed by atoms with E-state index in [9.17, 15) is 9.18 Å². The van der Waals surface area contributed by atoms with E-state index in [4.69, 9.17) is 0 Å². The third-order valence-electron chi connectivity index (χ3n) is 3.08. The van der Waals surface area contributed by atoms with Crippen LogP contribution in [0.2, 0.25) is 0 Å². The quantitative estimate of drug-likeness (QED) is 0.741. The van der Waals surface area contributed by atoms with Crippen molar-refractivity contribution in [3.63, 3.8) is 0 Å². The first-order valence-corrected chi connectivity index (χ1v) is 5.52. The van der Waals surface area contributed by atoms with Crippen LogP contribution in [0.5, 0.6) is 0 Å². The van der Waals surface area contributed by atoms with E-state index in [1.807, 2.05) is 23.2 Å². The summed E-state index contributed by atoms with van der Waals surface area (Å²) in [5, 5.41) is 4.14. The first-order chi connectivity index (χ1) is 8.15. The molecule has 3 heterocycles. The Balaban J connectivity index is 2.00. The minimum atomic E-state index is -0.726. The second-order valence-corrected chi connectivity index (χ2v) is 4.33. The molecule has 1 saturated heterocycles. The van der Waals surface area contributed by atoms with Crippen molar-refractivity contribution in [3.05, 3.63) is 30.1 Å². The molecule has 2 aromatic heterocycles. The van der Waals surface area contributed by atoms with E-state index in [1.165, 1.54) is 6.92 Å². The largest absolute Gasteiger partial charge is 0.364 e. The molecule has 4 nitrogen and oxygen atoms in total. The molecule has 0 spiro atoms. The molecule has 3 rings (SSSR count). The summed E-state index contributed by atoms with van der Waals surface area (Å²) in [6.07, 6.45) is 2.67. The number of pyridine rings is 1. The number of ketones is 1. The minimum absolute atomic E-state index is 0.000484. The van der Waals surface area contributed by atoms with Gasteiger partial charge in [0.1, 0.15) is 6.17 Å². The highest BCUT2D eigenvalue weighted by Crippen LogP contribution is 2.23. The third kappa shape index (κ3) is 1.58. The van der Waals surface area contributed by atoms with Crippen molar-refractivity contribution in [1.82, 2.24) is 9.61 Å². The molecule has 88 valence electrons. The molecule has 5 heteroatoms. The van der Waals surface area contributed by atoms with Crippen molar-refractivity contribution in [1.29, 1.82) is 0 Å². The normalized spacial score (nSPS) is 16.2. The Bertz CT molecular complexity index is 586. The molecule has 0 saturated carbocycles. The highest BCUT2D eigenvalue weighted by atomic mass is 19.1. The molecule has 0 radical (unpaired) electrons. The molecular formula is C12H12FN3O. The van der Waals surface area contributed by atoms with Gasteiger partial charge in [-0.05, 0) is 19.1 Å². The summed E-state index contributed by atoms with van der Waals surface area (Å²) in [6.45, 7) is 2.40. The van der Waals surface area contributed by atoms with Gasteiger partial charge in [0.25, 0.3) is 0 Å². The molecule has 17 heavy (non-hydrogen) atoms. The zero-order valence-electron chi connectivity index (χ0n) is 9.43. The number of fused-ring (bicyclic) bond motifs is 1. The lowest BCUT2D eigenvalue weighted by Crippen LogP contribution is -2.48. The zero-order chi connectivity index (χ0) is 12.0. The van der Waals surface area contributed by atoms with Gasteiger partial charge in [-0.1, -0.05) is 0 Å². The predicted molar refractivity (Wildman–Crippen MR) is 62.3 cm³/mol. The van der Waals surface area contributed by atoms with Crippen LogP contribution < -0.4 is 4.90 Å². The number of aromatic nitrogens is 2. The van der Waals surface area contributed by atoms with Gasteiger partial charge in [0.2, 0.25) is 0 Å². The van der Waals surface area contributed by atoms with Crippen molar-refractivity contribution in [2.45, 2.75) is 13.1 Å². The van der Waals surface area contributed by atoms with Crippen LogP contribution in [-0.2, 0) is 0 Å². The molecule has 1 aliphatic rings. The Morgan fingerprint density at radius 2 is 2.24 bits per heavy atom. The first-order valence-electron chi connectivity index (χ1n) is 5.52. The number of Topliss-reactive ketones (excluding diaryl/α,β-unsaturated/α-hetero) is 1. The van der Waals surface area contributed by atoms with E-state index in [1.54, 1.807) is 10.7 Å². The van der Waals surface area contributed by atoms with Gasteiger partial charge >= 0.3 is 0 Å². The summed E-state index contributed by atoms with van der Waals surface area (Å²) in [4.78, 5) is 13.3. The average Bonchev–Trinajstić information content (AvgIpc) is 2.67. The number of hydrogen-bond donors (Lipinski definition) is 0. The SMILES string of the molecule is CC(=O)c1cnn2cc(N3CC(F)C3)ccc12. The van der Waals surface area contributed by atoms with E-state index in [-0.39, 0.29) is 5.78 Å². The molecule has 1 fully saturated rings. The van der Waals surface area contributed by atoms with E-state index >= 15 is 0 Å². The van der Waals surface area contributed by atoms with Gasteiger partial charge in [-0.2, -0.15) is 5.10 Å². The molecule has 2 aromatic rings. The summed E-state index contributed by atoms with van der Waals surface area (Å²) in [6, 6.07) is 3.75. The highest BCUT2D eigenvalue weighted by Gasteiger charge is 2.26. The Hall–Kier alpha value is -1.91. The lowest BCUT2D eigenvalue weighted by Gasteiger charge is -2.36. The topological polar surface area (TPSA) is 37.6 Å². The van der Waals surface area contributed by atoms with E-state index in [2.05, 4.69) is 5.10 Å². The molecule has 0 atom stereocenters. The molecular weight excluding hydrogens is 221 g/mol. The number of carbonyl (C=O) groups excluding carboxylic acids is 1. The van der Waals surface area contributed by atoms with E-state index in [0.717, 1.165) is 11.2 Å². The highest BCUT2D eigenvalue weighted by molar-refractivity contribution is 6.00. The number of carbonyl (C=O) groups is 1. The number of nitrogens with zero attached hydrogens (tertiary/aromatic N) is 3. The fourth-order valence-electron chi connectivity index (χ4n) is 2.07. The number of halogens is 1. The lowest BCUT2D eigenvalue weighted by molar-refractivity contribution is 0.101. The number of rotatable bonds is 2. The maximum atomic E-state index is 12.8. The standard InChI is InChI=1S/C12H12FN3O/c1-8(17)11-4-14-16-7-10(2-3-12(11)16)15-5-9(13)6-15/h2-4,7,9H,5-6H2,1H3. The monoisotopic (exact) mass is 233 g/mol. The van der Waals surface area contributed by atoms with Gasteiger partial charge < -0.3 is 4.90 Å². The molecule has 0 unspecified atom stereocenters. The summed E-state index contributed by atoms with van der Waals surface area (Å²) in [7, 11) is 0. The molecule has 0 amide bonds. The maximum Gasteiger partial charge on any atom is 0.163 e. The number of anilines is 1. The summed E-state index contributed by atoms with van der Waals surface area (Å²) < 4.78 is 14.4. The third-order valence-corrected chi connectivity index (χ3v) is 3.08. The van der Waals surface area contributed by atoms with Crippen molar-refractivity contribution in [3.8, 4) is 0 Å². The van der Waals surface area contributed by atoms with Crippen LogP contribution in [0.4, 0.5) is 10.1 Å². The van der Waals surface area contributed by atoms with Crippen molar-refractivity contribution >= 4 is 17.0 Å². The zero-order valence-corrected chi connectivity index (χ0v) is 9.43. The lowest BCUT2D eigenvalue weighted by atomic mass is 10.1. The summed E-state index contributed by atoms with van der Waals surface area (Å²) in [5.41, 5.74) is 2.34. The smallest absolute Gasteiger partial charge is 0.163 e. The van der Waals surface area contributed by atoms with E-state index < -0.39 is 6.17 Å². The summed E-state index contributed by atoms with van der Waals surface area (Å²) >= 11 is 0. The van der Waals surface area contributed by atoms with Gasteiger partial charge in [-0.25, -0.2) is 8.91 Å². The van der Waals surface area contributed by atoms with Gasteiger partial charge in [0.05, 0.1) is 42.3 Å². The second-order valence-electron chi connectivity index (χ2n) is 4.33. The van der Waals surface area contributed by atoms with Crippen LogP contribution in [0.15, 0.2) is 24.5 Å². The Morgan fingerprint density at radius 3 is 2.88 bits per heavy atom. The van der Waals surface area contributed by atoms with Crippen LogP contribution in [0.1, 0.15) is 17.3 Å². The predicted octanol–water partition coefficient (Wildman–Crippen LogP) is 1.70. The minimum Gasteiger partial charge on any atom is -0.364 e. The van der Waals surface area contributed by atoms with Gasteiger partial charge in [-0.3, -0.25) is 4.79 Å².